The fourth-order valence-corrected chi connectivity index (χ4v) is 1.61. The summed E-state index contributed by atoms with van der Waals surface area (Å²) in [6.45, 7) is 3.73. The van der Waals surface area contributed by atoms with Crippen molar-refractivity contribution in [1.29, 1.82) is 0 Å². The third kappa shape index (κ3) is 3.62. The normalized spacial score (nSPS) is 12.1. The molecule has 0 unspecified atom stereocenters. The molecule has 0 radical (unpaired) electrons. The van der Waals surface area contributed by atoms with E-state index in [9.17, 15) is 4.79 Å². The van der Waals surface area contributed by atoms with Crippen molar-refractivity contribution in [2.45, 2.75) is 26.4 Å². The van der Waals surface area contributed by atoms with Crippen LogP contribution in [0.1, 0.15) is 30.0 Å². The highest BCUT2D eigenvalue weighted by molar-refractivity contribution is 5.77. The monoisotopic (exact) mass is 260 g/mol. The molecule has 0 spiro atoms. The topological polar surface area (TPSA) is 79.9 Å². The molecule has 6 nitrogen and oxygen atoms in total. The van der Waals surface area contributed by atoms with Gasteiger partial charge in [0.15, 0.2) is 0 Å². The molecule has 6 heteroatoms. The van der Waals surface area contributed by atoms with E-state index in [2.05, 4.69) is 20.4 Å². The minimum Gasteiger partial charge on any atom is -0.348 e. The van der Waals surface area contributed by atoms with Gasteiger partial charge in [-0.1, -0.05) is 0 Å². The number of hydrogen-bond acceptors (Lipinski definition) is 4. The molecule has 0 saturated carbocycles. The van der Waals surface area contributed by atoms with Crippen LogP contribution in [0.3, 0.4) is 0 Å². The van der Waals surface area contributed by atoms with E-state index in [0.29, 0.717) is 0 Å². The van der Waals surface area contributed by atoms with E-state index in [1.165, 1.54) is 0 Å². The van der Waals surface area contributed by atoms with Gasteiger partial charge < -0.3 is 4.98 Å². The van der Waals surface area contributed by atoms with Crippen LogP contribution < -0.4 is 5.48 Å². The van der Waals surface area contributed by atoms with Crippen molar-refractivity contribution in [3.05, 3.63) is 47.8 Å². The van der Waals surface area contributed by atoms with Gasteiger partial charge in [-0.05, 0) is 31.5 Å². The van der Waals surface area contributed by atoms with Crippen LogP contribution in [0.25, 0.3) is 0 Å². The zero-order valence-electron chi connectivity index (χ0n) is 10.9. The van der Waals surface area contributed by atoms with Crippen molar-refractivity contribution in [2.75, 3.05) is 0 Å². The highest BCUT2D eigenvalue weighted by Crippen LogP contribution is 2.13. The lowest BCUT2D eigenvalue weighted by Gasteiger charge is -2.13. The lowest BCUT2D eigenvalue weighted by atomic mass is 10.2. The molecule has 2 aromatic heterocycles. The summed E-state index contributed by atoms with van der Waals surface area (Å²) in [5, 5.41) is 0. The van der Waals surface area contributed by atoms with E-state index in [0.717, 1.165) is 17.0 Å². The number of nitrogens with zero attached hydrogens (tertiary/aromatic N) is 2. The molecule has 2 aromatic rings. The molecule has 0 aliphatic carbocycles. The highest BCUT2D eigenvalue weighted by Gasteiger charge is 2.11. The van der Waals surface area contributed by atoms with Crippen molar-refractivity contribution in [3.63, 3.8) is 0 Å². The van der Waals surface area contributed by atoms with Gasteiger partial charge >= 0.3 is 0 Å². The summed E-state index contributed by atoms with van der Waals surface area (Å²) in [4.78, 5) is 27.9. The smallest absolute Gasteiger partial charge is 0.249 e. The van der Waals surface area contributed by atoms with Gasteiger partial charge in [0.2, 0.25) is 5.91 Å². The van der Waals surface area contributed by atoms with Crippen molar-refractivity contribution in [3.8, 4) is 0 Å². The largest absolute Gasteiger partial charge is 0.348 e. The number of aryl methyl sites for hydroxylation is 1. The van der Waals surface area contributed by atoms with E-state index < -0.39 is 0 Å². The van der Waals surface area contributed by atoms with Crippen molar-refractivity contribution in [1.82, 2.24) is 20.4 Å². The van der Waals surface area contributed by atoms with Crippen LogP contribution in [0.5, 0.6) is 0 Å². The minimum atomic E-state index is -0.229. The van der Waals surface area contributed by atoms with Gasteiger partial charge in [-0.25, -0.2) is 10.5 Å². The molecule has 2 rings (SSSR count). The second-order valence-corrected chi connectivity index (χ2v) is 4.22. The molecule has 0 fully saturated rings. The molecular formula is C13H16N4O2. The van der Waals surface area contributed by atoms with Crippen LogP contribution in [-0.2, 0) is 16.1 Å². The number of nitrogens with one attached hydrogen (secondary N) is 2. The second kappa shape index (κ2) is 6.10. The SMILES string of the molecule is Cc1[nH]cnc1CC(=O)NO[C@@H](C)c1ccncc1. The molecule has 0 aliphatic rings. The summed E-state index contributed by atoms with van der Waals surface area (Å²) in [7, 11) is 0. The first kappa shape index (κ1) is 13.2. The maximum Gasteiger partial charge on any atom is 0.249 e. The third-order valence-electron chi connectivity index (χ3n) is 2.79. The molecule has 0 aromatic carbocycles. The number of carbonyl (C=O) groups is 1. The Morgan fingerprint density at radius 3 is 2.84 bits per heavy atom. The first-order valence-electron chi connectivity index (χ1n) is 6.00. The number of aromatic amines is 1. The predicted octanol–water partition coefficient (Wildman–Crippen LogP) is 1.46. The van der Waals surface area contributed by atoms with Gasteiger partial charge in [-0.2, -0.15) is 0 Å². The summed E-state index contributed by atoms with van der Waals surface area (Å²) in [6.07, 6.45) is 4.90. The Kier molecular flexibility index (Phi) is 4.25. The van der Waals surface area contributed by atoms with Gasteiger partial charge in [0.1, 0.15) is 6.10 Å². The first-order chi connectivity index (χ1) is 9.16. The summed E-state index contributed by atoms with van der Waals surface area (Å²) >= 11 is 0. The molecule has 19 heavy (non-hydrogen) atoms. The molecule has 0 aliphatic heterocycles. The second-order valence-electron chi connectivity index (χ2n) is 4.22. The maximum absolute atomic E-state index is 11.7. The number of hydrogen-bond donors (Lipinski definition) is 2. The Hall–Kier alpha value is -2.21. The van der Waals surface area contributed by atoms with E-state index in [1.807, 2.05) is 26.0 Å². The van der Waals surface area contributed by atoms with Crippen LogP contribution in [0.2, 0.25) is 0 Å². The van der Waals surface area contributed by atoms with E-state index in [1.54, 1.807) is 18.7 Å². The molecular weight excluding hydrogens is 244 g/mol. The van der Waals surface area contributed by atoms with Gasteiger partial charge in [0.05, 0.1) is 18.4 Å². The number of aromatic nitrogens is 3. The standard InChI is InChI=1S/C13H16N4O2/c1-9-12(16-8-15-9)7-13(18)17-19-10(2)11-3-5-14-6-4-11/h3-6,8,10H,7H2,1-2H3,(H,15,16)(H,17,18)/t10-/m0/s1. The molecule has 1 amide bonds. The quantitative estimate of drug-likeness (QED) is 0.798. The van der Waals surface area contributed by atoms with Crippen molar-refractivity contribution < 1.29 is 9.63 Å². The Balaban J connectivity index is 1.82. The zero-order valence-corrected chi connectivity index (χ0v) is 10.9. The first-order valence-corrected chi connectivity index (χ1v) is 6.00. The van der Waals surface area contributed by atoms with Crippen LogP contribution >= 0.6 is 0 Å². The third-order valence-corrected chi connectivity index (χ3v) is 2.79. The number of rotatable bonds is 5. The molecule has 100 valence electrons. The molecule has 1 atom stereocenters. The van der Waals surface area contributed by atoms with Crippen LogP contribution in [0.15, 0.2) is 30.9 Å². The van der Waals surface area contributed by atoms with Crippen LogP contribution in [0, 0.1) is 6.92 Å². The van der Waals surface area contributed by atoms with Crippen LogP contribution in [-0.4, -0.2) is 20.9 Å². The van der Waals surface area contributed by atoms with Gasteiger partial charge in [-0.3, -0.25) is 14.6 Å². The maximum atomic E-state index is 11.7. The summed E-state index contributed by atoms with van der Waals surface area (Å²) in [6, 6.07) is 3.68. The molecule has 0 saturated heterocycles. The summed E-state index contributed by atoms with van der Waals surface area (Å²) in [5.74, 6) is -0.226. The number of hydroxylamine groups is 1. The molecule has 0 bridgehead atoms. The average Bonchev–Trinajstić information content (AvgIpc) is 2.82. The number of imidazole rings is 1. The number of amides is 1. The Bertz CT molecular complexity index is 539. The van der Waals surface area contributed by atoms with Gasteiger partial charge in [0.25, 0.3) is 0 Å². The van der Waals surface area contributed by atoms with Crippen molar-refractivity contribution >= 4 is 5.91 Å². The van der Waals surface area contributed by atoms with Gasteiger partial charge in [0, 0.05) is 18.1 Å². The predicted molar refractivity (Wildman–Crippen MR) is 68.9 cm³/mol. The summed E-state index contributed by atoms with van der Waals surface area (Å²) in [5.41, 5.74) is 4.99. The lowest BCUT2D eigenvalue weighted by molar-refractivity contribution is -0.137. The fourth-order valence-electron chi connectivity index (χ4n) is 1.61. The van der Waals surface area contributed by atoms with E-state index in [-0.39, 0.29) is 18.4 Å². The molecule has 2 N–H and O–H groups in total. The Morgan fingerprint density at radius 1 is 1.47 bits per heavy atom. The summed E-state index contributed by atoms with van der Waals surface area (Å²) < 4.78 is 0. The number of pyridine rings is 1. The van der Waals surface area contributed by atoms with E-state index in [4.69, 9.17) is 4.84 Å². The fraction of sp³-hybridized carbons (Fsp3) is 0.308. The highest BCUT2D eigenvalue weighted by atomic mass is 16.7. The molecule has 2 heterocycles. The Labute approximate surface area is 111 Å². The van der Waals surface area contributed by atoms with E-state index >= 15 is 0 Å². The zero-order chi connectivity index (χ0) is 13.7. The number of carbonyl (C=O) groups excluding carboxylic acids is 1. The minimum absolute atomic E-state index is 0.193. The van der Waals surface area contributed by atoms with Crippen molar-refractivity contribution in [2.24, 2.45) is 0 Å². The number of H-pyrrole nitrogens is 1. The average molecular weight is 260 g/mol. The van der Waals surface area contributed by atoms with Gasteiger partial charge in [-0.15, -0.1) is 0 Å². The Morgan fingerprint density at radius 2 is 2.21 bits per heavy atom. The lowest BCUT2D eigenvalue weighted by Crippen LogP contribution is -2.27. The van der Waals surface area contributed by atoms with Crippen LogP contribution in [0.4, 0.5) is 0 Å².